The molecule has 2 fully saturated rings. The summed E-state index contributed by atoms with van der Waals surface area (Å²) in [5.74, 6) is -3.56. The molecule has 2 aromatic carbocycles. The molecule has 0 radical (unpaired) electrons. The lowest BCUT2D eigenvalue weighted by molar-refractivity contribution is -0.175. The first-order valence-electron chi connectivity index (χ1n) is 15.4. The smallest absolute Gasteiger partial charge is 0.471 e. The van der Waals surface area contributed by atoms with Crippen molar-refractivity contribution < 1.29 is 56.3 Å². The van der Waals surface area contributed by atoms with E-state index in [-0.39, 0.29) is 24.0 Å². The molecule has 3 N–H and O–H groups in total. The maximum atomic E-state index is 13.3. The Kier molecular flexibility index (Phi) is 8.03. The number of phenols is 1. The molecule has 4 bridgehead atoms. The molecule has 2 aromatic rings. The molecule has 0 spiro atoms. The highest BCUT2D eigenvalue weighted by Crippen LogP contribution is 2.62. The largest absolute Gasteiger partial charge is 0.504 e. The number of amides is 1. The first kappa shape index (κ1) is 33.1. The van der Waals surface area contributed by atoms with Crippen molar-refractivity contribution in [3.8, 4) is 34.8 Å². The number of nitriles is 1. The summed E-state index contributed by atoms with van der Waals surface area (Å²) in [6, 6.07) is -1.10. The highest BCUT2D eigenvalue weighted by molar-refractivity contribution is 7.99. The standard InChI is InChI=1S/C32H31F3N4O9S/c1-11-5-14-6-15-17(7-36)39-18-8-45-30(42)16(38-31(43)32(33,34)35)9-49-29(23(39)22(37-15)19(14)24(41)25(11)44-4)21-20(18)28-27(46-10-47-28)12(2)26(21)48-13(3)40/h5,15-18,22-23,29,37,41H,6,8-10H2,1-4H3,(H,38,43)/t15?,16?,17-,18-,22?,23+,29+/m0/s1. The van der Waals surface area contributed by atoms with E-state index in [9.17, 15) is 37.9 Å². The van der Waals surface area contributed by atoms with Crippen LogP contribution in [0.2, 0.25) is 0 Å². The van der Waals surface area contributed by atoms with Gasteiger partial charge in [-0.2, -0.15) is 18.4 Å². The lowest BCUT2D eigenvalue weighted by Crippen LogP contribution is -2.69. The van der Waals surface area contributed by atoms with Crippen LogP contribution < -0.4 is 29.6 Å². The summed E-state index contributed by atoms with van der Waals surface area (Å²) < 4.78 is 68.9. The minimum Gasteiger partial charge on any atom is -0.504 e. The van der Waals surface area contributed by atoms with Gasteiger partial charge in [-0.1, -0.05) is 6.07 Å². The number of alkyl halides is 3. The Bertz CT molecular complexity index is 1830. The van der Waals surface area contributed by atoms with Gasteiger partial charge in [0, 0.05) is 47.0 Å². The van der Waals surface area contributed by atoms with Crippen LogP contribution in [0.5, 0.6) is 28.7 Å². The number of fused-ring (bicyclic) bond motifs is 9. The highest BCUT2D eigenvalue weighted by Gasteiger charge is 2.59. The third-order valence-corrected chi connectivity index (χ3v) is 11.1. The molecule has 0 aliphatic carbocycles. The minimum absolute atomic E-state index is 0.106. The zero-order valence-electron chi connectivity index (χ0n) is 26.6. The van der Waals surface area contributed by atoms with Crippen molar-refractivity contribution in [2.24, 2.45) is 0 Å². The maximum Gasteiger partial charge on any atom is 0.471 e. The maximum absolute atomic E-state index is 13.3. The Morgan fingerprint density at radius 1 is 1.16 bits per heavy atom. The van der Waals surface area contributed by atoms with Crippen LogP contribution in [0.4, 0.5) is 13.2 Å². The number of ether oxygens (including phenoxy) is 5. The fourth-order valence-electron chi connectivity index (χ4n) is 7.91. The molecule has 260 valence electrons. The van der Waals surface area contributed by atoms with Gasteiger partial charge in [-0.25, -0.2) is 4.79 Å². The second-order valence-electron chi connectivity index (χ2n) is 12.5. The summed E-state index contributed by atoms with van der Waals surface area (Å²) in [5, 5.41) is 26.8. The Balaban J connectivity index is 1.49. The number of carbonyl (C=O) groups excluding carboxylic acids is 3. The molecule has 7 rings (SSSR count). The summed E-state index contributed by atoms with van der Waals surface area (Å²) in [4.78, 5) is 39.8. The Morgan fingerprint density at radius 2 is 1.90 bits per heavy atom. The fraction of sp³-hybridized carbons (Fsp3) is 0.500. The topological polar surface area (TPSA) is 169 Å². The van der Waals surface area contributed by atoms with E-state index in [0.717, 1.165) is 17.3 Å². The van der Waals surface area contributed by atoms with Crippen molar-refractivity contribution in [1.82, 2.24) is 15.5 Å². The van der Waals surface area contributed by atoms with Crippen LogP contribution in [0.3, 0.4) is 0 Å². The zero-order valence-corrected chi connectivity index (χ0v) is 27.4. The van der Waals surface area contributed by atoms with Gasteiger partial charge in [0.25, 0.3) is 0 Å². The number of phenolic OH excluding ortho intramolecular Hbond substituents is 1. The van der Waals surface area contributed by atoms with Gasteiger partial charge >= 0.3 is 24.0 Å². The third kappa shape index (κ3) is 5.10. The molecule has 17 heteroatoms. The average Bonchev–Trinajstić information content (AvgIpc) is 3.53. The number of esters is 2. The molecular formula is C32H31F3N4O9S. The van der Waals surface area contributed by atoms with Gasteiger partial charge in [-0.15, -0.1) is 11.8 Å². The van der Waals surface area contributed by atoms with Gasteiger partial charge in [-0.3, -0.25) is 14.5 Å². The molecular weight excluding hydrogens is 673 g/mol. The van der Waals surface area contributed by atoms with E-state index in [1.165, 1.54) is 14.0 Å². The number of halogens is 3. The van der Waals surface area contributed by atoms with Crippen molar-refractivity contribution in [3.05, 3.63) is 39.4 Å². The monoisotopic (exact) mass is 704 g/mol. The van der Waals surface area contributed by atoms with Gasteiger partial charge in [0.1, 0.15) is 24.4 Å². The molecule has 2 saturated heterocycles. The second kappa shape index (κ2) is 11.9. The lowest BCUT2D eigenvalue weighted by Gasteiger charge is -2.59. The molecule has 49 heavy (non-hydrogen) atoms. The van der Waals surface area contributed by atoms with Gasteiger partial charge in [0.2, 0.25) is 6.79 Å². The molecule has 0 saturated carbocycles. The quantitative estimate of drug-likeness (QED) is 0.315. The average molecular weight is 705 g/mol. The number of benzene rings is 2. The van der Waals surface area contributed by atoms with Crippen molar-refractivity contribution in [3.63, 3.8) is 0 Å². The first-order valence-corrected chi connectivity index (χ1v) is 16.4. The Morgan fingerprint density at radius 3 is 2.57 bits per heavy atom. The normalized spacial score (nSPS) is 28.3. The van der Waals surface area contributed by atoms with Crippen LogP contribution in [0.1, 0.15) is 57.6 Å². The zero-order chi connectivity index (χ0) is 35.1. The van der Waals surface area contributed by atoms with Crippen LogP contribution in [0.15, 0.2) is 6.07 Å². The molecule has 5 aliphatic rings. The van der Waals surface area contributed by atoms with Crippen LogP contribution in [0, 0.1) is 25.2 Å². The number of hydrogen-bond donors (Lipinski definition) is 3. The number of thioether (sulfide) groups is 1. The molecule has 13 nitrogen and oxygen atoms in total. The predicted octanol–water partition coefficient (Wildman–Crippen LogP) is 2.94. The van der Waals surface area contributed by atoms with Crippen LogP contribution in [-0.2, 0) is 25.5 Å². The fourth-order valence-corrected chi connectivity index (χ4v) is 9.43. The van der Waals surface area contributed by atoms with E-state index >= 15 is 0 Å². The molecule has 0 aromatic heterocycles. The minimum atomic E-state index is -5.26. The van der Waals surface area contributed by atoms with Crippen molar-refractivity contribution in [1.29, 1.82) is 5.26 Å². The summed E-state index contributed by atoms with van der Waals surface area (Å²) in [5.41, 5.74) is 3.30. The number of piperazine rings is 1. The van der Waals surface area contributed by atoms with Crippen molar-refractivity contribution in [2.75, 3.05) is 26.3 Å². The number of carbonyl (C=O) groups is 3. The van der Waals surface area contributed by atoms with Crippen LogP contribution in [-0.4, -0.2) is 84.5 Å². The van der Waals surface area contributed by atoms with Gasteiger partial charge in [-0.05, 0) is 31.4 Å². The first-order chi connectivity index (χ1) is 23.3. The number of cyclic esters (lactones) is 1. The number of nitrogens with one attached hydrogen (secondary N) is 2. The number of nitrogens with zero attached hydrogens (tertiary/aromatic N) is 2. The summed E-state index contributed by atoms with van der Waals surface area (Å²) in [6.07, 6.45) is -4.90. The van der Waals surface area contributed by atoms with Gasteiger partial charge in [0.05, 0.1) is 30.5 Å². The lowest BCUT2D eigenvalue weighted by atomic mass is 9.72. The van der Waals surface area contributed by atoms with E-state index in [0.29, 0.717) is 45.7 Å². The number of hydrogen-bond acceptors (Lipinski definition) is 13. The third-order valence-electron chi connectivity index (χ3n) is 9.71. The van der Waals surface area contributed by atoms with Gasteiger partial charge < -0.3 is 39.4 Å². The molecule has 1 amide bonds. The van der Waals surface area contributed by atoms with E-state index in [1.54, 1.807) is 19.2 Å². The van der Waals surface area contributed by atoms with Crippen molar-refractivity contribution in [2.45, 2.75) is 74.9 Å². The second-order valence-corrected chi connectivity index (χ2v) is 13.7. The summed E-state index contributed by atoms with van der Waals surface area (Å²) >= 11 is 1.02. The summed E-state index contributed by atoms with van der Waals surface area (Å²) in [6.45, 7) is 4.06. The van der Waals surface area contributed by atoms with E-state index in [1.807, 2.05) is 11.0 Å². The number of aromatic hydroxyl groups is 1. The van der Waals surface area contributed by atoms with Crippen LogP contribution in [0.25, 0.3) is 0 Å². The summed E-state index contributed by atoms with van der Waals surface area (Å²) in [7, 11) is 1.43. The number of aryl methyl sites for hydroxylation is 1. The van der Waals surface area contributed by atoms with Gasteiger partial charge in [0.15, 0.2) is 23.0 Å². The van der Waals surface area contributed by atoms with Crippen molar-refractivity contribution >= 4 is 29.6 Å². The van der Waals surface area contributed by atoms with E-state index in [2.05, 4.69) is 11.4 Å². The Hall–Kier alpha value is -4.40. The molecule has 5 heterocycles. The SMILES string of the molecule is COc1c(C)cc2c(c1O)C1NC(C2)[C@H](C#N)N2[C@H]1[C@@H]1SCC(NC(=O)C(F)(F)F)C(=O)OC[C@H]2c2c3c(c(C)c(OC(C)=O)c21)OCO3. The Labute approximate surface area is 281 Å². The van der Waals surface area contributed by atoms with E-state index < -0.39 is 77.9 Å². The number of methoxy groups -OCH3 is 1. The van der Waals surface area contributed by atoms with E-state index in [4.69, 9.17) is 23.7 Å². The number of rotatable bonds is 3. The van der Waals surface area contributed by atoms with Crippen LogP contribution >= 0.6 is 11.8 Å². The molecule has 7 atom stereocenters. The predicted molar refractivity (Wildman–Crippen MR) is 163 cm³/mol. The highest BCUT2D eigenvalue weighted by atomic mass is 32.2. The molecule has 5 aliphatic heterocycles. The molecule has 3 unspecified atom stereocenters.